The van der Waals surface area contributed by atoms with Gasteiger partial charge < -0.3 is 0 Å². The van der Waals surface area contributed by atoms with E-state index < -0.39 is 0 Å². The molecule has 0 amide bonds. The molecule has 1 heterocycles. The number of hydrogen-bond donors (Lipinski definition) is 1. The third-order valence-corrected chi connectivity index (χ3v) is 3.30. The zero-order chi connectivity index (χ0) is 11.7. The molecule has 2 nitrogen and oxygen atoms in total. The van der Waals surface area contributed by atoms with Gasteiger partial charge in [0.05, 0.1) is 10.7 Å². The Morgan fingerprint density at radius 3 is 2.69 bits per heavy atom. The van der Waals surface area contributed by atoms with Crippen LogP contribution < -0.4 is 0 Å². The van der Waals surface area contributed by atoms with E-state index in [9.17, 15) is 0 Å². The van der Waals surface area contributed by atoms with Crippen LogP contribution in [0.4, 0.5) is 0 Å². The molecule has 0 atom stereocenters. The standard InChI is InChI=1S/C12H13ClN2S/c1-8(2)15-7-6-10(14-15)9-4-3-5-11(16)12(9)13/h3-8,16H,1-2H3. The predicted octanol–water partition coefficient (Wildman–Crippen LogP) is 4.07. The number of halogens is 1. The van der Waals surface area contributed by atoms with Gasteiger partial charge in [-0.2, -0.15) is 5.10 Å². The molecule has 0 N–H and O–H groups in total. The minimum Gasteiger partial charge on any atom is -0.270 e. The molecule has 0 saturated heterocycles. The van der Waals surface area contributed by atoms with Gasteiger partial charge in [0, 0.05) is 22.7 Å². The fraction of sp³-hybridized carbons (Fsp3) is 0.250. The van der Waals surface area contributed by atoms with E-state index in [-0.39, 0.29) is 0 Å². The summed E-state index contributed by atoms with van der Waals surface area (Å²) in [4.78, 5) is 0.776. The second-order valence-corrected chi connectivity index (χ2v) is 4.77. The van der Waals surface area contributed by atoms with E-state index in [0.717, 1.165) is 16.2 Å². The van der Waals surface area contributed by atoms with E-state index in [1.165, 1.54) is 0 Å². The normalized spacial score (nSPS) is 11.1. The first-order chi connectivity index (χ1) is 7.59. The van der Waals surface area contributed by atoms with Crippen LogP contribution in [-0.4, -0.2) is 9.78 Å². The quantitative estimate of drug-likeness (QED) is 0.798. The number of thiol groups is 1. The lowest BCUT2D eigenvalue weighted by molar-refractivity contribution is 0.534. The monoisotopic (exact) mass is 252 g/mol. The van der Waals surface area contributed by atoms with E-state index in [0.29, 0.717) is 11.1 Å². The van der Waals surface area contributed by atoms with Crippen LogP contribution in [0.2, 0.25) is 5.02 Å². The molecule has 0 aliphatic rings. The molecule has 4 heteroatoms. The molecule has 0 radical (unpaired) electrons. The first-order valence-corrected chi connectivity index (χ1v) is 5.95. The van der Waals surface area contributed by atoms with Gasteiger partial charge in [-0.25, -0.2) is 0 Å². The minimum atomic E-state index is 0.353. The van der Waals surface area contributed by atoms with Crippen LogP contribution in [0, 0.1) is 0 Å². The van der Waals surface area contributed by atoms with Gasteiger partial charge in [0.1, 0.15) is 0 Å². The Morgan fingerprint density at radius 1 is 1.31 bits per heavy atom. The van der Waals surface area contributed by atoms with Crippen molar-refractivity contribution < 1.29 is 0 Å². The molecule has 0 aliphatic carbocycles. The first kappa shape index (κ1) is 11.6. The zero-order valence-corrected chi connectivity index (χ0v) is 10.8. The van der Waals surface area contributed by atoms with Gasteiger partial charge in [-0.1, -0.05) is 23.7 Å². The van der Waals surface area contributed by atoms with Crippen LogP contribution in [0.3, 0.4) is 0 Å². The highest BCUT2D eigenvalue weighted by Crippen LogP contribution is 2.31. The summed E-state index contributed by atoms with van der Waals surface area (Å²) in [5.74, 6) is 0. The maximum absolute atomic E-state index is 6.19. The van der Waals surface area contributed by atoms with Gasteiger partial charge in [0.2, 0.25) is 0 Å². The molecule has 0 unspecified atom stereocenters. The predicted molar refractivity (Wildman–Crippen MR) is 70.3 cm³/mol. The Balaban J connectivity index is 2.47. The third kappa shape index (κ3) is 2.11. The lowest BCUT2D eigenvalue weighted by Gasteiger charge is -2.05. The van der Waals surface area contributed by atoms with Crippen molar-refractivity contribution in [3.05, 3.63) is 35.5 Å². The Kier molecular flexibility index (Phi) is 3.26. The molecular weight excluding hydrogens is 240 g/mol. The van der Waals surface area contributed by atoms with Gasteiger partial charge in [-0.15, -0.1) is 12.6 Å². The Hall–Kier alpha value is -0.930. The molecule has 1 aromatic heterocycles. The smallest absolute Gasteiger partial charge is 0.0938 e. The summed E-state index contributed by atoms with van der Waals surface area (Å²) in [6.07, 6.45) is 1.96. The van der Waals surface area contributed by atoms with Crippen molar-refractivity contribution in [3.63, 3.8) is 0 Å². The molecule has 1 aromatic carbocycles. The fourth-order valence-electron chi connectivity index (χ4n) is 1.49. The average molecular weight is 253 g/mol. The molecule has 0 bridgehead atoms. The number of aromatic nitrogens is 2. The zero-order valence-electron chi connectivity index (χ0n) is 9.18. The van der Waals surface area contributed by atoms with E-state index in [1.807, 2.05) is 35.1 Å². The SMILES string of the molecule is CC(C)n1ccc(-c2cccc(S)c2Cl)n1. The van der Waals surface area contributed by atoms with Crippen LogP contribution in [0.1, 0.15) is 19.9 Å². The largest absolute Gasteiger partial charge is 0.270 e. The fourth-order valence-corrected chi connectivity index (χ4v) is 1.92. The van der Waals surface area contributed by atoms with Gasteiger partial charge in [-0.3, -0.25) is 4.68 Å². The Labute approximate surface area is 106 Å². The average Bonchev–Trinajstić information content (AvgIpc) is 2.71. The van der Waals surface area contributed by atoms with Gasteiger partial charge >= 0.3 is 0 Å². The van der Waals surface area contributed by atoms with Crippen molar-refractivity contribution >= 4 is 24.2 Å². The number of nitrogens with zero attached hydrogens (tertiary/aromatic N) is 2. The minimum absolute atomic E-state index is 0.353. The summed E-state index contributed by atoms with van der Waals surface area (Å²) < 4.78 is 1.91. The van der Waals surface area contributed by atoms with E-state index in [2.05, 4.69) is 31.6 Å². The molecule has 2 rings (SSSR count). The highest BCUT2D eigenvalue weighted by molar-refractivity contribution is 7.80. The van der Waals surface area contributed by atoms with E-state index in [4.69, 9.17) is 11.6 Å². The highest BCUT2D eigenvalue weighted by atomic mass is 35.5. The van der Waals surface area contributed by atoms with Gasteiger partial charge in [-0.05, 0) is 26.0 Å². The lowest BCUT2D eigenvalue weighted by atomic mass is 10.1. The molecule has 2 aromatic rings. The maximum atomic E-state index is 6.19. The van der Waals surface area contributed by atoms with Crippen molar-refractivity contribution in [3.8, 4) is 11.3 Å². The second-order valence-electron chi connectivity index (χ2n) is 3.91. The van der Waals surface area contributed by atoms with Crippen molar-refractivity contribution in [1.29, 1.82) is 0 Å². The van der Waals surface area contributed by atoms with Crippen molar-refractivity contribution in [1.82, 2.24) is 9.78 Å². The summed E-state index contributed by atoms with van der Waals surface area (Å²) in [6.45, 7) is 4.18. The first-order valence-electron chi connectivity index (χ1n) is 5.12. The van der Waals surface area contributed by atoms with Crippen LogP contribution >= 0.6 is 24.2 Å². The number of rotatable bonds is 2. The number of hydrogen-bond acceptors (Lipinski definition) is 2. The summed E-state index contributed by atoms with van der Waals surface area (Å²) in [5.41, 5.74) is 1.81. The van der Waals surface area contributed by atoms with Crippen molar-refractivity contribution in [2.24, 2.45) is 0 Å². The number of benzene rings is 1. The topological polar surface area (TPSA) is 17.8 Å². The summed E-state index contributed by atoms with van der Waals surface area (Å²) in [5, 5.41) is 5.13. The van der Waals surface area contributed by atoms with Crippen molar-refractivity contribution in [2.75, 3.05) is 0 Å². The van der Waals surface area contributed by atoms with Crippen LogP contribution in [0.25, 0.3) is 11.3 Å². The summed E-state index contributed by atoms with van der Waals surface area (Å²) in [7, 11) is 0. The second kappa shape index (κ2) is 4.52. The van der Waals surface area contributed by atoms with E-state index in [1.54, 1.807) is 0 Å². The van der Waals surface area contributed by atoms with Gasteiger partial charge in [0.25, 0.3) is 0 Å². The molecule has 16 heavy (non-hydrogen) atoms. The van der Waals surface area contributed by atoms with Gasteiger partial charge in [0.15, 0.2) is 0 Å². The molecule has 0 aliphatic heterocycles. The van der Waals surface area contributed by atoms with Crippen LogP contribution in [0.15, 0.2) is 35.4 Å². The van der Waals surface area contributed by atoms with E-state index >= 15 is 0 Å². The lowest BCUT2D eigenvalue weighted by Crippen LogP contribution is -2.00. The molecular formula is C12H13ClN2S. The molecule has 0 fully saturated rings. The summed E-state index contributed by atoms with van der Waals surface area (Å²) in [6, 6.07) is 8.07. The molecule has 0 saturated carbocycles. The highest BCUT2D eigenvalue weighted by Gasteiger charge is 2.09. The third-order valence-electron chi connectivity index (χ3n) is 2.39. The molecule has 0 spiro atoms. The maximum Gasteiger partial charge on any atom is 0.0938 e. The summed E-state index contributed by atoms with van der Waals surface area (Å²) >= 11 is 10.5. The van der Waals surface area contributed by atoms with Crippen LogP contribution in [0.5, 0.6) is 0 Å². The Morgan fingerprint density at radius 2 is 2.06 bits per heavy atom. The Bertz CT molecular complexity index is 505. The molecule has 84 valence electrons. The van der Waals surface area contributed by atoms with Crippen molar-refractivity contribution in [2.45, 2.75) is 24.8 Å². The van der Waals surface area contributed by atoms with Crippen LogP contribution in [-0.2, 0) is 0 Å².